The zero-order valence-electron chi connectivity index (χ0n) is 17.3. The van der Waals surface area contributed by atoms with E-state index >= 15 is 0 Å². The number of hydrogen-bond acceptors (Lipinski definition) is 3. The van der Waals surface area contributed by atoms with Crippen molar-refractivity contribution in [3.05, 3.63) is 70.9 Å². The molecule has 2 aliphatic carbocycles. The lowest BCUT2D eigenvalue weighted by Gasteiger charge is -2.21. The summed E-state index contributed by atoms with van der Waals surface area (Å²) < 4.78 is 2.82. The van der Waals surface area contributed by atoms with Crippen molar-refractivity contribution in [1.29, 1.82) is 0 Å². The molecule has 0 spiro atoms. The Morgan fingerprint density at radius 2 is 2.00 bits per heavy atom. The van der Waals surface area contributed by atoms with Gasteiger partial charge in [-0.2, -0.15) is 9.61 Å². The second-order valence-corrected chi connectivity index (χ2v) is 9.42. The molecule has 2 heterocycles. The van der Waals surface area contributed by atoms with Crippen molar-refractivity contribution in [2.24, 2.45) is 17.8 Å². The number of nitrogens with zero attached hydrogens (tertiary/aromatic N) is 3. The van der Waals surface area contributed by atoms with Gasteiger partial charge in [0.15, 0.2) is 5.65 Å². The van der Waals surface area contributed by atoms with E-state index in [0.717, 1.165) is 46.9 Å². The van der Waals surface area contributed by atoms with E-state index in [1.165, 1.54) is 24.0 Å². The summed E-state index contributed by atoms with van der Waals surface area (Å²) in [6, 6.07) is 10.9. The zero-order valence-corrected chi connectivity index (χ0v) is 18.8. The van der Waals surface area contributed by atoms with Gasteiger partial charge in [-0.15, -0.1) is 0 Å². The maximum absolute atomic E-state index is 4.96. The summed E-state index contributed by atoms with van der Waals surface area (Å²) in [6.45, 7) is 3.18. The summed E-state index contributed by atoms with van der Waals surface area (Å²) >= 11 is 3.62. The second-order valence-electron chi connectivity index (χ2n) is 8.57. The third-order valence-electron chi connectivity index (χ3n) is 6.27. The van der Waals surface area contributed by atoms with Gasteiger partial charge in [0, 0.05) is 18.2 Å². The maximum Gasteiger partial charge on any atom is 0.172 e. The number of benzene rings is 1. The zero-order chi connectivity index (χ0) is 20.5. The second kappa shape index (κ2) is 8.38. The van der Waals surface area contributed by atoms with Crippen LogP contribution in [0.4, 0.5) is 5.82 Å². The summed E-state index contributed by atoms with van der Waals surface area (Å²) in [5.41, 5.74) is 4.49. The van der Waals surface area contributed by atoms with Crippen LogP contribution in [0.3, 0.4) is 0 Å². The molecular weight excluding hydrogens is 436 g/mol. The number of fused-ring (bicyclic) bond motifs is 1. The van der Waals surface area contributed by atoms with Gasteiger partial charge in [-0.3, -0.25) is 0 Å². The predicted molar refractivity (Wildman–Crippen MR) is 127 cm³/mol. The molecule has 1 fully saturated rings. The summed E-state index contributed by atoms with van der Waals surface area (Å²) in [6.07, 6.45) is 15.7. The summed E-state index contributed by atoms with van der Waals surface area (Å²) in [5.74, 6) is 2.99. The van der Waals surface area contributed by atoms with Crippen LogP contribution in [0.15, 0.2) is 65.3 Å². The van der Waals surface area contributed by atoms with Crippen molar-refractivity contribution in [3.63, 3.8) is 0 Å². The first-order valence-electron chi connectivity index (χ1n) is 10.9. The quantitative estimate of drug-likeness (QED) is 0.448. The molecule has 2 atom stereocenters. The van der Waals surface area contributed by atoms with Gasteiger partial charge in [0.05, 0.1) is 16.4 Å². The number of nitrogens with one attached hydrogen (secondary N) is 1. The number of rotatable bonds is 7. The van der Waals surface area contributed by atoms with Gasteiger partial charge in [-0.05, 0) is 64.9 Å². The van der Waals surface area contributed by atoms with Crippen LogP contribution in [0.1, 0.15) is 31.7 Å². The van der Waals surface area contributed by atoms with Crippen molar-refractivity contribution in [1.82, 2.24) is 14.6 Å². The average Bonchev–Trinajstić information content (AvgIpc) is 3.50. The highest BCUT2D eigenvalue weighted by Gasteiger charge is 2.23. The van der Waals surface area contributed by atoms with Crippen LogP contribution in [0.25, 0.3) is 16.9 Å². The molecule has 4 nitrogen and oxygen atoms in total. The molecule has 0 bridgehead atoms. The Morgan fingerprint density at radius 3 is 2.83 bits per heavy atom. The number of allylic oxidation sites excluding steroid dienone is 4. The molecule has 0 amide bonds. The van der Waals surface area contributed by atoms with Crippen LogP contribution in [0.2, 0.25) is 0 Å². The molecular formula is C25H27BrN4. The Bertz CT molecular complexity index is 1110. The molecule has 0 saturated heterocycles. The van der Waals surface area contributed by atoms with E-state index in [4.69, 9.17) is 4.98 Å². The highest BCUT2D eigenvalue weighted by atomic mass is 79.9. The van der Waals surface area contributed by atoms with Gasteiger partial charge >= 0.3 is 0 Å². The van der Waals surface area contributed by atoms with E-state index in [0.29, 0.717) is 11.8 Å². The summed E-state index contributed by atoms with van der Waals surface area (Å²) in [7, 11) is 0. The van der Waals surface area contributed by atoms with Crippen molar-refractivity contribution < 1.29 is 0 Å². The highest BCUT2D eigenvalue weighted by Crippen LogP contribution is 2.36. The molecule has 5 heteroatoms. The highest BCUT2D eigenvalue weighted by molar-refractivity contribution is 9.10. The monoisotopic (exact) mass is 462 g/mol. The molecule has 154 valence electrons. The first-order valence-corrected chi connectivity index (χ1v) is 11.7. The third-order valence-corrected chi connectivity index (χ3v) is 6.83. The van der Waals surface area contributed by atoms with Crippen LogP contribution < -0.4 is 5.32 Å². The molecule has 3 aromatic rings. The predicted octanol–water partition coefficient (Wildman–Crippen LogP) is 6.29. The van der Waals surface area contributed by atoms with Crippen LogP contribution in [0, 0.1) is 17.8 Å². The normalized spacial score (nSPS) is 20.7. The van der Waals surface area contributed by atoms with Crippen molar-refractivity contribution in [2.45, 2.75) is 32.6 Å². The fourth-order valence-electron chi connectivity index (χ4n) is 4.27. The Balaban J connectivity index is 1.44. The van der Waals surface area contributed by atoms with E-state index in [1.807, 2.05) is 10.7 Å². The average molecular weight is 463 g/mol. The number of halogens is 1. The standard InChI is InChI=1S/C25H27BrN4/c1-17-6-2-3-7-19(17)12-13-27-24-15-23(29-25-22(26)16-28-30(24)25)21-9-5-4-8-20(21)14-18-10-11-18/h2-9,15-19,27H,10-14H2,1H3. The van der Waals surface area contributed by atoms with Gasteiger partial charge in [0.1, 0.15) is 5.82 Å². The molecule has 5 rings (SSSR count). The number of anilines is 1. The van der Waals surface area contributed by atoms with Gasteiger partial charge in [0.25, 0.3) is 0 Å². The van der Waals surface area contributed by atoms with E-state index < -0.39 is 0 Å². The first-order chi connectivity index (χ1) is 14.7. The maximum atomic E-state index is 4.96. The lowest BCUT2D eigenvalue weighted by molar-refractivity contribution is 0.483. The summed E-state index contributed by atoms with van der Waals surface area (Å²) in [5, 5.41) is 8.17. The van der Waals surface area contributed by atoms with Crippen molar-refractivity contribution in [2.75, 3.05) is 11.9 Å². The van der Waals surface area contributed by atoms with Crippen molar-refractivity contribution in [3.8, 4) is 11.3 Å². The lowest BCUT2D eigenvalue weighted by Crippen LogP contribution is -2.16. The van der Waals surface area contributed by atoms with Crippen LogP contribution in [0.5, 0.6) is 0 Å². The first kappa shape index (κ1) is 19.6. The molecule has 0 radical (unpaired) electrons. The number of hydrogen-bond donors (Lipinski definition) is 1. The molecule has 1 aromatic carbocycles. The van der Waals surface area contributed by atoms with Gasteiger partial charge < -0.3 is 5.32 Å². The molecule has 2 aromatic heterocycles. The minimum absolute atomic E-state index is 0.572. The van der Waals surface area contributed by atoms with E-state index in [2.05, 4.69) is 87.9 Å². The van der Waals surface area contributed by atoms with Crippen LogP contribution in [-0.4, -0.2) is 21.1 Å². The van der Waals surface area contributed by atoms with E-state index in [-0.39, 0.29) is 0 Å². The smallest absolute Gasteiger partial charge is 0.172 e. The Morgan fingerprint density at radius 1 is 1.17 bits per heavy atom. The molecule has 0 aliphatic heterocycles. The van der Waals surface area contributed by atoms with Gasteiger partial charge in [-0.1, -0.05) is 55.5 Å². The van der Waals surface area contributed by atoms with Gasteiger partial charge in [-0.25, -0.2) is 4.98 Å². The SMILES string of the molecule is CC1C=CC=CC1CCNc1cc(-c2ccccc2CC2CC2)nc2c(Br)cnn12. The lowest BCUT2D eigenvalue weighted by atomic mass is 9.87. The van der Waals surface area contributed by atoms with Crippen molar-refractivity contribution >= 4 is 27.4 Å². The molecule has 2 unspecified atom stereocenters. The molecule has 1 saturated carbocycles. The van der Waals surface area contributed by atoms with E-state index in [1.54, 1.807) is 0 Å². The van der Waals surface area contributed by atoms with Gasteiger partial charge in [0.2, 0.25) is 0 Å². The molecule has 2 aliphatic rings. The third kappa shape index (κ3) is 4.08. The Labute approximate surface area is 186 Å². The molecule has 1 N–H and O–H groups in total. The minimum Gasteiger partial charge on any atom is -0.370 e. The van der Waals surface area contributed by atoms with Crippen LogP contribution in [-0.2, 0) is 6.42 Å². The van der Waals surface area contributed by atoms with Crippen LogP contribution >= 0.6 is 15.9 Å². The largest absolute Gasteiger partial charge is 0.370 e. The Kier molecular flexibility index (Phi) is 5.47. The van der Waals surface area contributed by atoms with E-state index in [9.17, 15) is 0 Å². The fraction of sp³-hybridized carbons (Fsp3) is 0.360. The molecule has 30 heavy (non-hydrogen) atoms. The Hall–Kier alpha value is -2.40. The topological polar surface area (TPSA) is 42.2 Å². The minimum atomic E-state index is 0.572. The summed E-state index contributed by atoms with van der Waals surface area (Å²) in [4.78, 5) is 4.96. The number of aromatic nitrogens is 3. The fourth-order valence-corrected chi connectivity index (χ4v) is 4.62.